The van der Waals surface area contributed by atoms with Crippen LogP contribution < -0.4 is 10.1 Å². The zero-order valence-corrected chi connectivity index (χ0v) is 12.3. The van der Waals surface area contributed by atoms with Gasteiger partial charge in [-0.3, -0.25) is 4.90 Å². The molecular formula is C14H18Cl2N2O. The Morgan fingerprint density at radius 1 is 1.16 bits per heavy atom. The first kappa shape index (κ1) is 13.5. The summed E-state index contributed by atoms with van der Waals surface area (Å²) in [4.78, 5) is 2.47. The van der Waals surface area contributed by atoms with Gasteiger partial charge in [-0.1, -0.05) is 29.3 Å². The molecule has 3 nitrogen and oxygen atoms in total. The highest BCUT2D eigenvalue weighted by atomic mass is 35.5. The highest BCUT2D eigenvalue weighted by Gasteiger charge is 2.35. The molecule has 2 aliphatic heterocycles. The minimum absolute atomic E-state index is 0.579. The minimum atomic E-state index is 0.579. The number of ether oxygens (including phenoxy) is 1. The summed E-state index contributed by atoms with van der Waals surface area (Å²) in [6, 6.07) is 5.43. The predicted molar refractivity (Wildman–Crippen MR) is 78.2 cm³/mol. The van der Waals surface area contributed by atoms with Gasteiger partial charge in [-0.25, -0.2) is 0 Å². The van der Waals surface area contributed by atoms with E-state index in [4.69, 9.17) is 27.9 Å². The average molecular weight is 301 g/mol. The number of likely N-dealkylation sites (tertiary alicyclic amines) is 1. The molecular weight excluding hydrogens is 283 g/mol. The quantitative estimate of drug-likeness (QED) is 0.925. The number of halogens is 2. The molecule has 1 aromatic carbocycles. The van der Waals surface area contributed by atoms with Crippen LogP contribution in [0.15, 0.2) is 18.2 Å². The summed E-state index contributed by atoms with van der Waals surface area (Å²) in [5.41, 5.74) is 0. The molecule has 5 heteroatoms. The van der Waals surface area contributed by atoms with Crippen LogP contribution in [0.4, 0.5) is 0 Å². The molecule has 2 aliphatic rings. The van der Waals surface area contributed by atoms with E-state index in [9.17, 15) is 0 Å². The van der Waals surface area contributed by atoms with Crippen LogP contribution in [0, 0.1) is 11.8 Å². The monoisotopic (exact) mass is 300 g/mol. The van der Waals surface area contributed by atoms with Crippen LogP contribution in [0.2, 0.25) is 10.0 Å². The lowest BCUT2D eigenvalue weighted by molar-refractivity contribution is 0.228. The third-order valence-electron chi connectivity index (χ3n) is 4.04. The lowest BCUT2D eigenvalue weighted by Gasteiger charge is -2.17. The fourth-order valence-corrected chi connectivity index (χ4v) is 3.54. The smallest absolute Gasteiger partial charge is 0.156 e. The van der Waals surface area contributed by atoms with Crippen molar-refractivity contribution in [2.45, 2.75) is 0 Å². The fraction of sp³-hybridized carbons (Fsp3) is 0.571. The van der Waals surface area contributed by atoms with E-state index < -0.39 is 0 Å². The molecule has 3 rings (SSSR count). The van der Waals surface area contributed by atoms with Gasteiger partial charge < -0.3 is 10.1 Å². The van der Waals surface area contributed by atoms with Crippen molar-refractivity contribution in [2.75, 3.05) is 39.3 Å². The van der Waals surface area contributed by atoms with Gasteiger partial charge in [0.05, 0.1) is 10.0 Å². The van der Waals surface area contributed by atoms with E-state index in [0.29, 0.717) is 22.4 Å². The minimum Gasteiger partial charge on any atom is -0.489 e. The first-order valence-corrected chi connectivity index (χ1v) is 7.49. The third kappa shape index (κ3) is 3.00. The van der Waals surface area contributed by atoms with E-state index in [-0.39, 0.29) is 0 Å². The summed E-state index contributed by atoms with van der Waals surface area (Å²) in [6.45, 7) is 6.26. The van der Waals surface area contributed by atoms with Gasteiger partial charge in [0.1, 0.15) is 6.61 Å². The Kier molecular flexibility index (Phi) is 4.18. The first-order chi connectivity index (χ1) is 9.24. The number of nitrogens with zero attached hydrogens (tertiary/aromatic N) is 1. The van der Waals surface area contributed by atoms with Crippen molar-refractivity contribution in [1.29, 1.82) is 0 Å². The van der Waals surface area contributed by atoms with Crippen molar-refractivity contribution in [3.05, 3.63) is 28.2 Å². The van der Waals surface area contributed by atoms with E-state index in [1.54, 1.807) is 12.1 Å². The molecule has 0 aromatic heterocycles. The summed E-state index contributed by atoms with van der Waals surface area (Å²) in [7, 11) is 0. The Bertz CT molecular complexity index is 423. The van der Waals surface area contributed by atoms with Gasteiger partial charge in [-0.15, -0.1) is 0 Å². The summed E-state index contributed by atoms with van der Waals surface area (Å²) in [5.74, 6) is 2.25. The molecule has 0 spiro atoms. The van der Waals surface area contributed by atoms with Crippen LogP contribution >= 0.6 is 23.2 Å². The molecule has 0 aliphatic carbocycles. The predicted octanol–water partition coefficient (Wildman–Crippen LogP) is 2.52. The summed E-state index contributed by atoms with van der Waals surface area (Å²) >= 11 is 12.1. The van der Waals surface area contributed by atoms with Crippen molar-refractivity contribution in [1.82, 2.24) is 10.2 Å². The number of hydrogen-bond donors (Lipinski definition) is 1. The molecule has 1 N–H and O–H groups in total. The van der Waals surface area contributed by atoms with E-state index in [1.807, 2.05) is 6.07 Å². The second-order valence-corrected chi connectivity index (χ2v) is 6.15. The molecule has 0 bridgehead atoms. The summed E-state index contributed by atoms with van der Waals surface area (Å²) < 4.78 is 5.73. The number of hydrogen-bond acceptors (Lipinski definition) is 3. The molecule has 2 fully saturated rings. The SMILES string of the molecule is Clc1cccc(Cl)c1OCCN1CC2CNCC2C1. The molecule has 1 aromatic rings. The van der Waals surface area contributed by atoms with Gasteiger partial charge in [0.25, 0.3) is 0 Å². The molecule has 19 heavy (non-hydrogen) atoms. The number of rotatable bonds is 4. The molecule has 2 saturated heterocycles. The van der Waals surface area contributed by atoms with Gasteiger partial charge in [-0.05, 0) is 37.1 Å². The Morgan fingerprint density at radius 3 is 2.42 bits per heavy atom. The average Bonchev–Trinajstić information content (AvgIpc) is 2.93. The Morgan fingerprint density at radius 2 is 1.79 bits per heavy atom. The molecule has 0 saturated carbocycles. The Hall–Kier alpha value is -0.480. The van der Waals surface area contributed by atoms with Crippen molar-refractivity contribution in [3.8, 4) is 5.75 Å². The maximum absolute atomic E-state index is 6.07. The largest absolute Gasteiger partial charge is 0.489 e. The van der Waals surface area contributed by atoms with E-state index in [2.05, 4.69) is 10.2 Å². The Labute approximate surface area is 123 Å². The normalized spacial score (nSPS) is 26.6. The maximum Gasteiger partial charge on any atom is 0.156 e. The fourth-order valence-electron chi connectivity index (χ4n) is 3.03. The number of para-hydroxylation sites is 1. The van der Waals surface area contributed by atoms with Crippen LogP contribution in [0.1, 0.15) is 0 Å². The molecule has 0 amide bonds. The van der Waals surface area contributed by atoms with Crippen molar-refractivity contribution in [2.24, 2.45) is 11.8 Å². The molecule has 104 valence electrons. The molecule has 2 heterocycles. The van der Waals surface area contributed by atoms with Gasteiger partial charge in [0, 0.05) is 19.6 Å². The molecule has 0 radical (unpaired) electrons. The third-order valence-corrected chi connectivity index (χ3v) is 4.63. The van der Waals surface area contributed by atoms with Crippen LogP contribution in [0.5, 0.6) is 5.75 Å². The second kappa shape index (κ2) is 5.88. The second-order valence-electron chi connectivity index (χ2n) is 5.34. The van der Waals surface area contributed by atoms with Gasteiger partial charge in [-0.2, -0.15) is 0 Å². The van der Waals surface area contributed by atoms with Gasteiger partial charge in [0.15, 0.2) is 5.75 Å². The first-order valence-electron chi connectivity index (χ1n) is 6.74. The van der Waals surface area contributed by atoms with Crippen LogP contribution in [-0.4, -0.2) is 44.2 Å². The van der Waals surface area contributed by atoms with Crippen LogP contribution in [-0.2, 0) is 0 Å². The maximum atomic E-state index is 6.07. The van der Waals surface area contributed by atoms with Gasteiger partial charge >= 0.3 is 0 Å². The zero-order chi connectivity index (χ0) is 13.2. The Balaban J connectivity index is 1.49. The number of fused-ring (bicyclic) bond motifs is 1. The highest BCUT2D eigenvalue weighted by Crippen LogP contribution is 2.32. The molecule has 2 unspecified atom stereocenters. The molecule has 2 atom stereocenters. The summed E-state index contributed by atoms with van der Waals surface area (Å²) in [5, 5.41) is 4.61. The standard InChI is InChI=1S/C14H18Cl2N2O/c15-12-2-1-3-13(16)14(12)19-5-4-18-8-10-6-17-7-11(10)9-18/h1-3,10-11,17H,4-9H2. The topological polar surface area (TPSA) is 24.5 Å². The van der Waals surface area contributed by atoms with Crippen molar-refractivity contribution >= 4 is 23.2 Å². The van der Waals surface area contributed by atoms with Crippen molar-refractivity contribution in [3.63, 3.8) is 0 Å². The van der Waals surface area contributed by atoms with E-state index >= 15 is 0 Å². The lowest BCUT2D eigenvalue weighted by atomic mass is 10.0. The number of benzene rings is 1. The van der Waals surface area contributed by atoms with Crippen LogP contribution in [0.3, 0.4) is 0 Å². The zero-order valence-electron chi connectivity index (χ0n) is 10.7. The summed E-state index contributed by atoms with van der Waals surface area (Å²) in [6.07, 6.45) is 0. The van der Waals surface area contributed by atoms with E-state index in [0.717, 1.165) is 18.4 Å². The van der Waals surface area contributed by atoms with E-state index in [1.165, 1.54) is 26.2 Å². The number of nitrogens with one attached hydrogen (secondary N) is 1. The highest BCUT2D eigenvalue weighted by molar-refractivity contribution is 6.37. The van der Waals surface area contributed by atoms with Crippen LogP contribution in [0.25, 0.3) is 0 Å². The van der Waals surface area contributed by atoms with Gasteiger partial charge in [0.2, 0.25) is 0 Å². The van der Waals surface area contributed by atoms with Crippen molar-refractivity contribution < 1.29 is 4.74 Å². The lowest BCUT2D eigenvalue weighted by Crippen LogP contribution is -2.29.